The molecule has 3 aromatic rings. The lowest BCUT2D eigenvalue weighted by molar-refractivity contribution is 0.112. The average Bonchev–Trinajstić information content (AvgIpc) is 3.16. The van der Waals surface area contributed by atoms with Crippen molar-refractivity contribution in [3.8, 4) is 11.1 Å². The fraction of sp³-hybridized carbons (Fsp3) is 0.318. The number of carbonyl (C=O) groups is 1. The number of nitrogens with zero attached hydrogens (tertiary/aromatic N) is 4. The number of hydrogen-bond acceptors (Lipinski definition) is 4. The molecule has 0 saturated carbocycles. The fourth-order valence-corrected chi connectivity index (χ4v) is 3.54. The second-order valence-corrected chi connectivity index (χ2v) is 7.08. The molecule has 6 heteroatoms. The highest BCUT2D eigenvalue weighted by Gasteiger charge is 2.23. The molecular formula is C22H25FN4O. The van der Waals surface area contributed by atoms with Crippen LogP contribution in [0.3, 0.4) is 0 Å². The second-order valence-electron chi connectivity index (χ2n) is 7.08. The Morgan fingerprint density at radius 2 is 1.89 bits per heavy atom. The van der Waals surface area contributed by atoms with Crippen molar-refractivity contribution in [3.05, 3.63) is 59.2 Å². The van der Waals surface area contributed by atoms with Crippen molar-refractivity contribution in [3.63, 3.8) is 0 Å². The third-order valence-electron chi connectivity index (χ3n) is 4.93. The van der Waals surface area contributed by atoms with Crippen molar-refractivity contribution in [2.24, 2.45) is 0 Å². The van der Waals surface area contributed by atoms with Gasteiger partial charge in [-0.3, -0.25) is 4.79 Å². The molecule has 0 atom stereocenters. The Balaban J connectivity index is 2.29. The van der Waals surface area contributed by atoms with E-state index < -0.39 is 0 Å². The van der Waals surface area contributed by atoms with Gasteiger partial charge in [-0.15, -0.1) is 0 Å². The van der Waals surface area contributed by atoms with Crippen LogP contribution in [0.4, 0.5) is 16.0 Å². The van der Waals surface area contributed by atoms with Crippen molar-refractivity contribution in [1.29, 1.82) is 0 Å². The highest BCUT2D eigenvalue weighted by molar-refractivity contribution is 5.92. The summed E-state index contributed by atoms with van der Waals surface area (Å²) in [4.78, 5) is 18.9. The Morgan fingerprint density at radius 3 is 2.46 bits per heavy atom. The molecule has 0 saturated heterocycles. The largest absolute Gasteiger partial charge is 0.314 e. The minimum absolute atomic E-state index is 0.0586. The number of halogens is 1. The molecule has 0 spiro atoms. The first-order valence-corrected chi connectivity index (χ1v) is 9.40. The molecule has 0 bridgehead atoms. The molecule has 0 radical (unpaired) electrons. The van der Waals surface area contributed by atoms with Crippen molar-refractivity contribution >= 4 is 17.9 Å². The van der Waals surface area contributed by atoms with Crippen LogP contribution < -0.4 is 4.90 Å². The van der Waals surface area contributed by atoms with Crippen LogP contribution in [-0.2, 0) is 6.54 Å². The predicted molar refractivity (Wildman–Crippen MR) is 110 cm³/mol. The topological polar surface area (TPSA) is 51.0 Å². The lowest BCUT2D eigenvalue weighted by Crippen LogP contribution is -2.19. The molecule has 2 heterocycles. The molecule has 2 aromatic heterocycles. The first kappa shape index (κ1) is 19.7. The van der Waals surface area contributed by atoms with Crippen LogP contribution in [0.2, 0.25) is 0 Å². The van der Waals surface area contributed by atoms with Gasteiger partial charge in [0.2, 0.25) is 0 Å². The Bertz CT molecular complexity index is 993. The molecule has 0 aliphatic heterocycles. The van der Waals surface area contributed by atoms with Crippen LogP contribution in [0.1, 0.15) is 48.3 Å². The maximum absolute atomic E-state index is 13.5. The van der Waals surface area contributed by atoms with E-state index in [0.717, 1.165) is 46.9 Å². The summed E-state index contributed by atoms with van der Waals surface area (Å²) in [5.41, 5.74) is 3.73. The van der Waals surface area contributed by atoms with Gasteiger partial charge in [-0.25, -0.2) is 14.1 Å². The Labute approximate surface area is 164 Å². The van der Waals surface area contributed by atoms with E-state index in [2.05, 4.69) is 5.10 Å². The summed E-state index contributed by atoms with van der Waals surface area (Å²) >= 11 is 0. The first-order valence-electron chi connectivity index (χ1n) is 9.40. The summed E-state index contributed by atoms with van der Waals surface area (Å²) in [6.07, 6.45) is 2.61. The highest BCUT2D eigenvalue weighted by Crippen LogP contribution is 2.37. The molecule has 0 aliphatic rings. The molecule has 1 aromatic carbocycles. The zero-order valence-corrected chi connectivity index (χ0v) is 16.9. The van der Waals surface area contributed by atoms with Crippen LogP contribution in [0.5, 0.6) is 0 Å². The number of hydrogen-bond donors (Lipinski definition) is 0. The maximum atomic E-state index is 13.5. The van der Waals surface area contributed by atoms with Gasteiger partial charge in [0.25, 0.3) is 0 Å². The van der Waals surface area contributed by atoms with E-state index in [1.165, 1.54) is 12.1 Å². The van der Waals surface area contributed by atoms with Crippen LogP contribution in [0.25, 0.3) is 11.1 Å². The summed E-state index contributed by atoms with van der Waals surface area (Å²) < 4.78 is 15.4. The smallest absolute Gasteiger partial charge is 0.152 e. The van der Waals surface area contributed by atoms with Crippen LogP contribution in [0, 0.1) is 12.7 Å². The van der Waals surface area contributed by atoms with Crippen molar-refractivity contribution < 1.29 is 9.18 Å². The maximum Gasteiger partial charge on any atom is 0.152 e. The lowest BCUT2D eigenvalue weighted by Gasteiger charge is -2.25. The molecule has 0 amide bonds. The summed E-state index contributed by atoms with van der Waals surface area (Å²) in [7, 11) is 1.94. The lowest BCUT2D eigenvalue weighted by atomic mass is 9.91. The zero-order valence-electron chi connectivity index (χ0n) is 16.9. The van der Waals surface area contributed by atoms with Gasteiger partial charge in [-0.2, -0.15) is 5.10 Å². The van der Waals surface area contributed by atoms with Crippen molar-refractivity contribution in [2.75, 3.05) is 11.9 Å². The van der Waals surface area contributed by atoms with Crippen molar-refractivity contribution in [1.82, 2.24) is 14.8 Å². The number of benzene rings is 1. The van der Waals surface area contributed by atoms with Gasteiger partial charge in [-0.1, -0.05) is 26.0 Å². The van der Waals surface area contributed by atoms with E-state index in [9.17, 15) is 9.18 Å². The summed E-state index contributed by atoms with van der Waals surface area (Å²) in [5, 5.41) is 4.34. The van der Waals surface area contributed by atoms with Gasteiger partial charge in [0.1, 0.15) is 17.5 Å². The molecule has 0 unspecified atom stereocenters. The van der Waals surface area contributed by atoms with Crippen LogP contribution >= 0.6 is 0 Å². The van der Waals surface area contributed by atoms with E-state index in [0.29, 0.717) is 5.56 Å². The van der Waals surface area contributed by atoms with Crippen molar-refractivity contribution in [2.45, 2.75) is 40.2 Å². The third-order valence-corrected chi connectivity index (χ3v) is 4.93. The minimum Gasteiger partial charge on any atom is -0.314 e. The van der Waals surface area contributed by atoms with Gasteiger partial charge >= 0.3 is 0 Å². The number of anilines is 2. The number of aldehydes is 1. The van der Waals surface area contributed by atoms with E-state index in [4.69, 9.17) is 4.98 Å². The van der Waals surface area contributed by atoms with Gasteiger partial charge in [-0.05, 0) is 37.5 Å². The van der Waals surface area contributed by atoms with Crippen LogP contribution in [-0.4, -0.2) is 28.1 Å². The SMILES string of the molecule is CCn1nccc1N(C)c1nc(C(C)C)c(C=O)c(-c2ccc(F)cc2)c1C. The molecule has 0 N–H and O–H groups in total. The Hall–Kier alpha value is -3.02. The predicted octanol–water partition coefficient (Wildman–Crippen LogP) is 5.12. The second kappa shape index (κ2) is 7.92. The van der Waals surface area contributed by atoms with Gasteiger partial charge in [0, 0.05) is 36.3 Å². The third kappa shape index (κ3) is 3.42. The Kier molecular flexibility index (Phi) is 5.58. The first-order chi connectivity index (χ1) is 13.4. The van der Waals surface area contributed by atoms with E-state index in [1.807, 2.05) is 50.4 Å². The summed E-state index contributed by atoms with van der Waals surface area (Å²) in [6, 6.07) is 8.16. The highest BCUT2D eigenvalue weighted by atomic mass is 19.1. The molecule has 0 fully saturated rings. The molecule has 146 valence electrons. The quantitative estimate of drug-likeness (QED) is 0.557. The molecule has 3 rings (SSSR count). The monoisotopic (exact) mass is 380 g/mol. The number of pyridine rings is 1. The van der Waals surface area contributed by atoms with E-state index in [1.54, 1.807) is 18.3 Å². The molecule has 28 heavy (non-hydrogen) atoms. The molecule has 5 nitrogen and oxygen atoms in total. The fourth-order valence-electron chi connectivity index (χ4n) is 3.54. The van der Waals surface area contributed by atoms with Gasteiger partial charge in [0.05, 0.1) is 11.9 Å². The average molecular weight is 380 g/mol. The zero-order chi connectivity index (χ0) is 20.4. The van der Waals surface area contributed by atoms with E-state index >= 15 is 0 Å². The molecular weight excluding hydrogens is 355 g/mol. The number of carbonyl (C=O) groups excluding carboxylic acids is 1. The summed E-state index contributed by atoms with van der Waals surface area (Å²) in [6.45, 7) is 8.74. The van der Waals surface area contributed by atoms with Gasteiger partial charge in [0.15, 0.2) is 6.29 Å². The van der Waals surface area contributed by atoms with Gasteiger partial charge < -0.3 is 4.90 Å². The standard InChI is InChI=1S/C22H25FN4O/c1-6-27-19(11-12-24-27)26(5)22-15(4)20(16-7-9-17(23)10-8-16)18(13-28)21(25-22)14(2)3/h7-14H,6H2,1-5H3. The Morgan fingerprint density at radius 1 is 1.21 bits per heavy atom. The minimum atomic E-state index is -0.309. The van der Waals surface area contributed by atoms with Crippen LogP contribution in [0.15, 0.2) is 36.5 Å². The molecule has 0 aliphatic carbocycles. The number of aryl methyl sites for hydroxylation is 1. The van der Waals surface area contributed by atoms with E-state index in [-0.39, 0.29) is 11.7 Å². The number of rotatable bonds is 6. The summed E-state index contributed by atoms with van der Waals surface area (Å²) in [5.74, 6) is 1.42. The number of aromatic nitrogens is 3. The normalized spacial score (nSPS) is 11.1.